The quantitative estimate of drug-likeness (QED) is 0.879. The van der Waals surface area contributed by atoms with Crippen molar-refractivity contribution in [2.24, 2.45) is 0 Å². The van der Waals surface area contributed by atoms with Gasteiger partial charge in [0.1, 0.15) is 5.75 Å². The average Bonchev–Trinajstić information content (AvgIpc) is 2.85. The van der Waals surface area contributed by atoms with Crippen LogP contribution in [-0.2, 0) is 13.0 Å². The van der Waals surface area contributed by atoms with Crippen LogP contribution in [0.1, 0.15) is 37.3 Å². The zero-order valence-electron chi connectivity index (χ0n) is 10.5. The number of hydrogen-bond acceptors (Lipinski definition) is 5. The van der Waals surface area contributed by atoms with E-state index in [9.17, 15) is 5.11 Å². The van der Waals surface area contributed by atoms with E-state index in [-0.39, 0.29) is 6.61 Å². The summed E-state index contributed by atoms with van der Waals surface area (Å²) in [7, 11) is 0. The normalized spacial score (nSPS) is 12.4. The summed E-state index contributed by atoms with van der Waals surface area (Å²) >= 11 is 0. The van der Waals surface area contributed by atoms with Crippen molar-refractivity contribution >= 4 is 0 Å². The van der Waals surface area contributed by atoms with Crippen molar-refractivity contribution in [1.82, 2.24) is 10.2 Å². The molecule has 1 aromatic heterocycles. The minimum Gasteiger partial charge on any atom is -0.484 e. The van der Waals surface area contributed by atoms with Gasteiger partial charge >= 0.3 is 0 Å². The Balaban J connectivity index is 1.93. The SMILES string of the molecule is CCc1nnc(COc2ccc([C@@H](C)O)cc2)o1. The lowest BCUT2D eigenvalue weighted by molar-refractivity contribution is 0.199. The van der Waals surface area contributed by atoms with Crippen molar-refractivity contribution in [3.63, 3.8) is 0 Å². The molecule has 96 valence electrons. The predicted molar refractivity (Wildman–Crippen MR) is 65.1 cm³/mol. The van der Waals surface area contributed by atoms with Gasteiger partial charge in [0, 0.05) is 6.42 Å². The topological polar surface area (TPSA) is 68.4 Å². The molecule has 0 spiro atoms. The van der Waals surface area contributed by atoms with Gasteiger partial charge < -0.3 is 14.3 Å². The van der Waals surface area contributed by atoms with Crippen LogP contribution in [0.4, 0.5) is 0 Å². The fourth-order valence-corrected chi connectivity index (χ4v) is 1.48. The molecular formula is C13H16N2O3. The highest BCUT2D eigenvalue weighted by molar-refractivity contribution is 5.28. The van der Waals surface area contributed by atoms with Crippen LogP contribution in [0.5, 0.6) is 5.75 Å². The molecule has 5 heteroatoms. The first-order valence-corrected chi connectivity index (χ1v) is 5.91. The van der Waals surface area contributed by atoms with E-state index < -0.39 is 6.10 Å². The second-order valence-corrected chi connectivity index (χ2v) is 3.98. The summed E-state index contributed by atoms with van der Waals surface area (Å²) in [5.74, 6) is 1.78. The highest BCUT2D eigenvalue weighted by atomic mass is 16.5. The highest BCUT2D eigenvalue weighted by Crippen LogP contribution is 2.18. The van der Waals surface area contributed by atoms with Crippen LogP contribution in [0.3, 0.4) is 0 Å². The van der Waals surface area contributed by atoms with Gasteiger partial charge in [-0.15, -0.1) is 10.2 Å². The Morgan fingerprint density at radius 3 is 2.44 bits per heavy atom. The Kier molecular flexibility index (Phi) is 3.94. The molecule has 0 aliphatic carbocycles. The first-order valence-electron chi connectivity index (χ1n) is 5.91. The van der Waals surface area contributed by atoms with Gasteiger partial charge in [-0.2, -0.15) is 0 Å². The molecule has 2 rings (SSSR count). The summed E-state index contributed by atoms with van der Waals surface area (Å²) in [6.45, 7) is 3.93. The molecule has 1 atom stereocenters. The lowest BCUT2D eigenvalue weighted by Gasteiger charge is -2.06. The smallest absolute Gasteiger partial charge is 0.253 e. The molecular weight excluding hydrogens is 232 g/mol. The summed E-state index contributed by atoms with van der Waals surface area (Å²) in [6.07, 6.45) is 0.248. The first kappa shape index (κ1) is 12.6. The second kappa shape index (κ2) is 5.64. The Hall–Kier alpha value is -1.88. The van der Waals surface area contributed by atoms with Crippen molar-refractivity contribution in [1.29, 1.82) is 0 Å². The Morgan fingerprint density at radius 2 is 1.89 bits per heavy atom. The van der Waals surface area contributed by atoms with Crippen LogP contribution in [0.2, 0.25) is 0 Å². The third-order valence-corrected chi connectivity index (χ3v) is 2.54. The van der Waals surface area contributed by atoms with Crippen LogP contribution >= 0.6 is 0 Å². The summed E-state index contributed by atoms with van der Waals surface area (Å²) in [6, 6.07) is 7.26. The zero-order chi connectivity index (χ0) is 13.0. The molecule has 1 heterocycles. The number of hydrogen-bond donors (Lipinski definition) is 1. The summed E-state index contributed by atoms with van der Waals surface area (Å²) in [5.41, 5.74) is 0.855. The summed E-state index contributed by atoms with van der Waals surface area (Å²) in [4.78, 5) is 0. The maximum absolute atomic E-state index is 9.38. The minimum absolute atomic E-state index is 0.251. The number of aryl methyl sites for hydroxylation is 1. The zero-order valence-corrected chi connectivity index (χ0v) is 10.5. The van der Waals surface area contributed by atoms with Gasteiger partial charge in [0.25, 0.3) is 5.89 Å². The molecule has 0 saturated carbocycles. The number of aliphatic hydroxyl groups is 1. The molecule has 0 amide bonds. The first-order chi connectivity index (χ1) is 8.69. The molecule has 0 aliphatic heterocycles. The monoisotopic (exact) mass is 248 g/mol. The van der Waals surface area contributed by atoms with Gasteiger partial charge in [-0.25, -0.2) is 0 Å². The van der Waals surface area contributed by atoms with Crippen LogP contribution in [0, 0.1) is 0 Å². The van der Waals surface area contributed by atoms with Crippen LogP contribution in [0.25, 0.3) is 0 Å². The van der Waals surface area contributed by atoms with Crippen molar-refractivity contribution in [3.05, 3.63) is 41.6 Å². The van der Waals surface area contributed by atoms with Gasteiger partial charge in [0.05, 0.1) is 6.10 Å². The molecule has 18 heavy (non-hydrogen) atoms. The molecule has 0 fully saturated rings. The average molecular weight is 248 g/mol. The van der Waals surface area contributed by atoms with E-state index in [2.05, 4.69) is 10.2 Å². The highest BCUT2D eigenvalue weighted by Gasteiger charge is 2.05. The predicted octanol–water partition coefficient (Wildman–Crippen LogP) is 2.26. The van der Waals surface area contributed by atoms with Crippen LogP contribution in [-0.4, -0.2) is 15.3 Å². The van der Waals surface area contributed by atoms with E-state index in [4.69, 9.17) is 9.15 Å². The number of aromatic nitrogens is 2. The van der Waals surface area contributed by atoms with Crippen molar-refractivity contribution in [2.45, 2.75) is 33.0 Å². The lowest BCUT2D eigenvalue weighted by atomic mass is 10.1. The number of ether oxygens (including phenoxy) is 1. The van der Waals surface area contributed by atoms with E-state index >= 15 is 0 Å². The van der Waals surface area contributed by atoms with Crippen LogP contribution < -0.4 is 4.74 Å². The van der Waals surface area contributed by atoms with Gasteiger partial charge in [-0.1, -0.05) is 19.1 Å². The summed E-state index contributed by atoms with van der Waals surface area (Å²) < 4.78 is 10.8. The van der Waals surface area contributed by atoms with Crippen molar-refractivity contribution < 1.29 is 14.3 Å². The third-order valence-electron chi connectivity index (χ3n) is 2.54. The van der Waals surface area contributed by atoms with Gasteiger partial charge in [0.15, 0.2) is 6.61 Å². The maximum atomic E-state index is 9.38. The van der Waals surface area contributed by atoms with Gasteiger partial charge in [0.2, 0.25) is 5.89 Å². The fourth-order valence-electron chi connectivity index (χ4n) is 1.48. The number of rotatable bonds is 5. The second-order valence-electron chi connectivity index (χ2n) is 3.98. The summed E-state index contributed by atoms with van der Waals surface area (Å²) in [5, 5.41) is 17.1. The molecule has 0 radical (unpaired) electrons. The number of benzene rings is 1. The molecule has 1 N–H and O–H groups in total. The van der Waals surface area contributed by atoms with Crippen molar-refractivity contribution in [3.8, 4) is 5.75 Å². The number of nitrogens with zero attached hydrogens (tertiary/aromatic N) is 2. The fraction of sp³-hybridized carbons (Fsp3) is 0.385. The van der Waals surface area contributed by atoms with Crippen LogP contribution in [0.15, 0.2) is 28.7 Å². The largest absolute Gasteiger partial charge is 0.484 e. The van der Waals surface area contributed by atoms with E-state index in [0.717, 1.165) is 12.0 Å². The third kappa shape index (κ3) is 3.07. The molecule has 5 nitrogen and oxygen atoms in total. The molecule has 0 unspecified atom stereocenters. The molecule has 2 aromatic rings. The van der Waals surface area contributed by atoms with Gasteiger partial charge in [-0.3, -0.25) is 0 Å². The van der Waals surface area contributed by atoms with E-state index in [1.165, 1.54) is 0 Å². The Bertz CT molecular complexity index is 491. The number of aliphatic hydroxyl groups excluding tert-OH is 1. The van der Waals surface area contributed by atoms with Crippen molar-refractivity contribution in [2.75, 3.05) is 0 Å². The maximum Gasteiger partial charge on any atom is 0.253 e. The molecule has 0 bridgehead atoms. The molecule has 0 aliphatic rings. The Labute approximate surface area is 105 Å². The minimum atomic E-state index is -0.470. The van der Waals surface area contributed by atoms with Gasteiger partial charge in [-0.05, 0) is 24.6 Å². The molecule has 1 aromatic carbocycles. The standard InChI is InChI=1S/C13H16N2O3/c1-3-12-14-15-13(18-12)8-17-11-6-4-10(5-7-11)9(2)16/h4-7,9,16H,3,8H2,1-2H3/t9-/m1/s1. The lowest BCUT2D eigenvalue weighted by Crippen LogP contribution is -1.96. The van der Waals surface area contributed by atoms with E-state index in [1.54, 1.807) is 19.1 Å². The van der Waals surface area contributed by atoms with E-state index in [0.29, 0.717) is 17.5 Å². The Morgan fingerprint density at radius 1 is 1.22 bits per heavy atom. The van der Waals surface area contributed by atoms with E-state index in [1.807, 2.05) is 19.1 Å². The molecule has 0 saturated heterocycles.